The average Bonchev–Trinajstić information content (AvgIpc) is 2.35. The molecule has 1 heterocycles. The number of hydrogen-bond donors (Lipinski definition) is 1. The molecule has 1 aliphatic rings. The van der Waals surface area contributed by atoms with E-state index in [1.54, 1.807) is 0 Å². The van der Waals surface area contributed by atoms with Gasteiger partial charge in [0.1, 0.15) is 0 Å². The largest absolute Gasteiger partial charge is 0.411 e. The Morgan fingerprint density at radius 1 is 1.24 bits per heavy atom. The van der Waals surface area contributed by atoms with Crippen LogP contribution in [0.3, 0.4) is 0 Å². The Balaban J connectivity index is 2.00. The van der Waals surface area contributed by atoms with E-state index in [9.17, 15) is 0 Å². The molecular weight excluding hydrogens is 212 g/mol. The van der Waals surface area contributed by atoms with Crippen molar-refractivity contribution < 1.29 is 5.21 Å². The number of piperidine rings is 1. The number of benzene rings is 1. The minimum atomic E-state index is 0.890. The molecule has 1 aromatic carbocycles. The van der Waals surface area contributed by atoms with E-state index in [-0.39, 0.29) is 0 Å². The van der Waals surface area contributed by atoms with Gasteiger partial charge in [0, 0.05) is 32.5 Å². The highest BCUT2D eigenvalue weighted by atomic mass is 16.4. The predicted molar refractivity (Wildman–Crippen MR) is 69.6 cm³/mol. The fourth-order valence-electron chi connectivity index (χ4n) is 2.28. The summed E-state index contributed by atoms with van der Waals surface area (Å²) in [6.45, 7) is 7.29. The molecule has 0 unspecified atom stereocenters. The monoisotopic (exact) mass is 232 g/mol. The molecule has 1 aliphatic heterocycles. The summed E-state index contributed by atoms with van der Waals surface area (Å²) in [6, 6.07) is 6.62. The van der Waals surface area contributed by atoms with Gasteiger partial charge in [-0.1, -0.05) is 28.9 Å². The summed E-state index contributed by atoms with van der Waals surface area (Å²) >= 11 is 0. The summed E-state index contributed by atoms with van der Waals surface area (Å²) in [4.78, 5) is 2.43. The van der Waals surface area contributed by atoms with E-state index in [0.29, 0.717) is 0 Å². The third-order valence-corrected chi connectivity index (χ3v) is 3.47. The lowest BCUT2D eigenvalue weighted by molar-refractivity contribution is 0.256. The lowest BCUT2D eigenvalue weighted by atomic mass is 10.0. The SMILES string of the molecule is Cc1ccc(C)c(CN2CCC(=NO)CC2)c1. The first kappa shape index (κ1) is 12.1. The van der Waals surface area contributed by atoms with Crippen molar-refractivity contribution in [3.05, 3.63) is 34.9 Å². The summed E-state index contributed by atoms with van der Waals surface area (Å²) in [7, 11) is 0. The molecule has 0 atom stereocenters. The van der Waals surface area contributed by atoms with Gasteiger partial charge in [-0.05, 0) is 25.0 Å². The molecule has 1 N–H and O–H groups in total. The zero-order valence-electron chi connectivity index (χ0n) is 10.6. The predicted octanol–water partition coefficient (Wildman–Crippen LogP) is 2.73. The van der Waals surface area contributed by atoms with Crippen molar-refractivity contribution in [2.75, 3.05) is 13.1 Å². The summed E-state index contributed by atoms with van der Waals surface area (Å²) < 4.78 is 0. The van der Waals surface area contributed by atoms with E-state index in [1.165, 1.54) is 16.7 Å². The number of hydrogen-bond acceptors (Lipinski definition) is 3. The maximum atomic E-state index is 8.72. The van der Waals surface area contributed by atoms with Gasteiger partial charge in [-0.3, -0.25) is 4.90 Å². The first-order chi connectivity index (χ1) is 8.19. The smallest absolute Gasteiger partial charge is 0.0596 e. The first-order valence-corrected chi connectivity index (χ1v) is 6.17. The Morgan fingerprint density at radius 3 is 2.59 bits per heavy atom. The zero-order valence-corrected chi connectivity index (χ0v) is 10.6. The van der Waals surface area contributed by atoms with Crippen molar-refractivity contribution in [1.29, 1.82) is 0 Å². The minimum absolute atomic E-state index is 0.890. The molecule has 2 rings (SSSR count). The molecule has 92 valence electrons. The third-order valence-electron chi connectivity index (χ3n) is 3.47. The fourth-order valence-corrected chi connectivity index (χ4v) is 2.28. The standard InChI is InChI=1S/C14H20N2O/c1-11-3-4-12(2)13(9-11)10-16-7-5-14(15-17)6-8-16/h3-4,9,17H,5-8,10H2,1-2H3. The Bertz CT molecular complexity index is 416. The van der Waals surface area contributed by atoms with Crippen LogP contribution in [0, 0.1) is 13.8 Å². The second kappa shape index (κ2) is 5.32. The number of aryl methyl sites for hydroxylation is 2. The van der Waals surface area contributed by atoms with Crippen molar-refractivity contribution in [1.82, 2.24) is 4.90 Å². The minimum Gasteiger partial charge on any atom is -0.411 e. The van der Waals surface area contributed by atoms with E-state index in [4.69, 9.17) is 5.21 Å². The highest BCUT2D eigenvalue weighted by Gasteiger charge is 2.15. The summed E-state index contributed by atoms with van der Waals surface area (Å²) in [6.07, 6.45) is 1.78. The van der Waals surface area contributed by atoms with Crippen molar-refractivity contribution in [2.24, 2.45) is 5.16 Å². The molecule has 1 fully saturated rings. The van der Waals surface area contributed by atoms with Crippen LogP contribution in [-0.2, 0) is 6.54 Å². The van der Waals surface area contributed by atoms with Gasteiger partial charge in [0.2, 0.25) is 0 Å². The van der Waals surface area contributed by atoms with Crippen LogP contribution in [0.4, 0.5) is 0 Å². The molecule has 0 spiro atoms. The maximum Gasteiger partial charge on any atom is 0.0596 e. The van der Waals surface area contributed by atoms with E-state index < -0.39 is 0 Å². The van der Waals surface area contributed by atoms with Gasteiger partial charge >= 0.3 is 0 Å². The van der Waals surface area contributed by atoms with Gasteiger partial charge in [0.15, 0.2) is 0 Å². The van der Waals surface area contributed by atoms with E-state index >= 15 is 0 Å². The lowest BCUT2D eigenvalue weighted by Gasteiger charge is -2.27. The van der Waals surface area contributed by atoms with Crippen molar-refractivity contribution in [3.63, 3.8) is 0 Å². The summed E-state index contributed by atoms with van der Waals surface area (Å²) in [5.41, 5.74) is 5.02. The maximum absolute atomic E-state index is 8.72. The molecule has 1 saturated heterocycles. The summed E-state index contributed by atoms with van der Waals surface area (Å²) in [5.74, 6) is 0. The van der Waals surface area contributed by atoms with Crippen LogP contribution in [0.25, 0.3) is 0 Å². The molecular formula is C14H20N2O. The lowest BCUT2D eigenvalue weighted by Crippen LogP contribution is -2.33. The highest BCUT2D eigenvalue weighted by molar-refractivity contribution is 5.84. The molecule has 0 bridgehead atoms. The molecule has 0 aromatic heterocycles. The van der Waals surface area contributed by atoms with Gasteiger partial charge in [-0.25, -0.2) is 0 Å². The highest BCUT2D eigenvalue weighted by Crippen LogP contribution is 2.16. The first-order valence-electron chi connectivity index (χ1n) is 6.17. The third kappa shape index (κ3) is 3.07. The topological polar surface area (TPSA) is 35.8 Å². The number of oxime groups is 1. The van der Waals surface area contributed by atoms with Crippen molar-refractivity contribution in [3.8, 4) is 0 Å². The van der Waals surface area contributed by atoms with Crippen LogP contribution in [0.1, 0.15) is 29.5 Å². The molecule has 0 radical (unpaired) electrons. The van der Waals surface area contributed by atoms with Crippen LogP contribution >= 0.6 is 0 Å². The molecule has 1 aromatic rings. The Morgan fingerprint density at radius 2 is 1.94 bits per heavy atom. The van der Waals surface area contributed by atoms with Crippen LogP contribution in [-0.4, -0.2) is 28.9 Å². The van der Waals surface area contributed by atoms with Crippen LogP contribution in [0.15, 0.2) is 23.4 Å². The molecule has 0 aliphatic carbocycles. The summed E-state index contributed by atoms with van der Waals surface area (Å²) in [5, 5.41) is 12.0. The van der Waals surface area contributed by atoms with Crippen LogP contribution in [0.2, 0.25) is 0 Å². The molecule has 3 nitrogen and oxygen atoms in total. The van der Waals surface area contributed by atoms with Crippen LogP contribution < -0.4 is 0 Å². The van der Waals surface area contributed by atoms with Crippen molar-refractivity contribution >= 4 is 5.71 Å². The van der Waals surface area contributed by atoms with Gasteiger partial charge < -0.3 is 5.21 Å². The van der Waals surface area contributed by atoms with Gasteiger partial charge in [0.25, 0.3) is 0 Å². The van der Waals surface area contributed by atoms with Crippen LogP contribution in [0.5, 0.6) is 0 Å². The Hall–Kier alpha value is -1.35. The molecule has 17 heavy (non-hydrogen) atoms. The van der Waals surface area contributed by atoms with Gasteiger partial charge in [0.05, 0.1) is 5.71 Å². The normalized spacial score (nSPS) is 17.2. The zero-order chi connectivity index (χ0) is 12.3. The Kier molecular flexibility index (Phi) is 3.79. The van der Waals surface area contributed by atoms with E-state index in [0.717, 1.165) is 38.2 Å². The number of nitrogens with zero attached hydrogens (tertiary/aromatic N) is 2. The van der Waals surface area contributed by atoms with E-state index in [2.05, 4.69) is 42.1 Å². The molecule has 0 saturated carbocycles. The molecule has 3 heteroatoms. The Labute approximate surface area is 103 Å². The number of likely N-dealkylation sites (tertiary alicyclic amines) is 1. The van der Waals surface area contributed by atoms with E-state index in [1.807, 2.05) is 0 Å². The van der Waals surface area contributed by atoms with Gasteiger partial charge in [-0.2, -0.15) is 0 Å². The fraction of sp³-hybridized carbons (Fsp3) is 0.500. The number of rotatable bonds is 2. The second-order valence-corrected chi connectivity index (χ2v) is 4.87. The van der Waals surface area contributed by atoms with Gasteiger partial charge in [-0.15, -0.1) is 0 Å². The second-order valence-electron chi connectivity index (χ2n) is 4.87. The quantitative estimate of drug-likeness (QED) is 0.628. The average molecular weight is 232 g/mol. The molecule has 0 amide bonds. The van der Waals surface area contributed by atoms with Crippen molar-refractivity contribution in [2.45, 2.75) is 33.2 Å².